The zero-order valence-corrected chi connectivity index (χ0v) is 15.2. The Hall–Kier alpha value is -1.89. The minimum atomic E-state index is -0.322. The molecule has 2 aliphatic rings. The molecule has 1 fully saturated rings. The number of benzene rings is 1. The van der Waals surface area contributed by atoms with E-state index in [1.807, 2.05) is 18.2 Å². The molecular weight excluding hydrogens is 332 g/mol. The molecule has 1 unspecified atom stereocenters. The van der Waals surface area contributed by atoms with E-state index in [-0.39, 0.29) is 12.4 Å². The van der Waals surface area contributed by atoms with Gasteiger partial charge in [-0.3, -0.25) is 0 Å². The number of fused-ring (bicyclic) bond motifs is 3. The number of methoxy groups -OCH3 is 1. The number of carbonyl (C=O) groups excluding carboxylic acids is 1. The van der Waals surface area contributed by atoms with Gasteiger partial charge in [-0.15, -0.1) is 0 Å². The molecule has 1 N–H and O–H groups in total. The fraction of sp³-hybridized carbons (Fsp3) is 0.550. The first-order chi connectivity index (χ1) is 12.8. The van der Waals surface area contributed by atoms with Gasteiger partial charge in [-0.1, -0.05) is 18.2 Å². The van der Waals surface area contributed by atoms with E-state index in [9.17, 15) is 4.79 Å². The van der Waals surface area contributed by atoms with Crippen molar-refractivity contribution < 1.29 is 19.0 Å². The second kappa shape index (κ2) is 7.78. The number of aromatic nitrogens is 1. The van der Waals surface area contributed by atoms with Crippen molar-refractivity contribution in [2.24, 2.45) is 5.92 Å². The lowest BCUT2D eigenvalue weighted by atomic mass is 9.94. The van der Waals surface area contributed by atoms with E-state index in [0.29, 0.717) is 19.1 Å². The van der Waals surface area contributed by atoms with Crippen molar-refractivity contribution >= 4 is 17.0 Å². The van der Waals surface area contributed by atoms with Crippen LogP contribution in [0, 0.1) is 5.92 Å². The molecule has 1 saturated heterocycles. The highest BCUT2D eigenvalue weighted by Gasteiger charge is 2.29. The summed E-state index contributed by atoms with van der Waals surface area (Å²) in [4.78, 5) is 12.5. The second-order valence-corrected chi connectivity index (χ2v) is 6.95. The summed E-state index contributed by atoms with van der Waals surface area (Å²) < 4.78 is 18.3. The quantitative estimate of drug-likeness (QED) is 0.849. The second-order valence-electron chi connectivity index (χ2n) is 6.95. The Bertz CT molecular complexity index is 779. The molecule has 0 radical (unpaired) electrons. The fourth-order valence-corrected chi connectivity index (χ4v) is 4.21. The summed E-state index contributed by atoms with van der Waals surface area (Å²) in [6.45, 7) is 3.19. The number of carbonyl (C=O) groups is 1. The highest BCUT2D eigenvalue weighted by Crippen LogP contribution is 2.31. The molecule has 4 rings (SSSR count). The van der Waals surface area contributed by atoms with Gasteiger partial charge in [0.1, 0.15) is 0 Å². The Morgan fingerprint density at radius 1 is 1.15 bits per heavy atom. The maximum Gasteiger partial charge on any atom is 0.418 e. The first-order valence-electron chi connectivity index (χ1n) is 9.43. The predicted octanol–water partition coefficient (Wildman–Crippen LogP) is 2.71. The average molecular weight is 358 g/mol. The molecule has 6 heteroatoms. The van der Waals surface area contributed by atoms with Crippen molar-refractivity contribution in [3.8, 4) is 0 Å². The number of hydrogen-bond donors (Lipinski definition) is 1. The van der Waals surface area contributed by atoms with Gasteiger partial charge in [-0.05, 0) is 50.4 Å². The van der Waals surface area contributed by atoms with Gasteiger partial charge in [0, 0.05) is 17.0 Å². The third kappa shape index (κ3) is 3.24. The minimum Gasteiger partial charge on any atom is -0.452 e. The summed E-state index contributed by atoms with van der Waals surface area (Å²) in [6.07, 6.45) is 3.20. The van der Waals surface area contributed by atoms with Crippen LogP contribution in [0.2, 0.25) is 0 Å². The van der Waals surface area contributed by atoms with Crippen LogP contribution < -0.4 is 5.32 Å². The number of nitrogens with one attached hydrogen (secondary N) is 1. The van der Waals surface area contributed by atoms with Crippen LogP contribution in [0.25, 0.3) is 10.9 Å². The van der Waals surface area contributed by atoms with Crippen LogP contribution in [0.4, 0.5) is 4.79 Å². The number of hydrogen-bond acceptors (Lipinski definition) is 5. The summed E-state index contributed by atoms with van der Waals surface area (Å²) >= 11 is 0. The van der Waals surface area contributed by atoms with Crippen molar-refractivity contribution in [2.45, 2.75) is 32.0 Å². The predicted molar refractivity (Wildman–Crippen MR) is 98.4 cm³/mol. The third-order valence-electron chi connectivity index (χ3n) is 5.47. The van der Waals surface area contributed by atoms with Crippen molar-refractivity contribution in [1.29, 1.82) is 0 Å². The maximum atomic E-state index is 12.5. The van der Waals surface area contributed by atoms with E-state index < -0.39 is 0 Å². The molecule has 0 bridgehead atoms. The monoisotopic (exact) mass is 358 g/mol. The van der Waals surface area contributed by atoms with Crippen LogP contribution in [0.15, 0.2) is 24.3 Å². The van der Waals surface area contributed by atoms with Crippen LogP contribution in [0.1, 0.15) is 24.1 Å². The minimum absolute atomic E-state index is 0.129. The highest BCUT2D eigenvalue weighted by molar-refractivity contribution is 5.93. The van der Waals surface area contributed by atoms with E-state index in [2.05, 4.69) is 11.4 Å². The SMILES string of the molecule is COC(=O)n1c2c(c3ccccc31)CCNCCC(C1OCCO1)CC2. The van der Waals surface area contributed by atoms with Crippen molar-refractivity contribution in [3.63, 3.8) is 0 Å². The molecule has 1 aromatic carbocycles. The van der Waals surface area contributed by atoms with E-state index in [1.165, 1.54) is 12.7 Å². The lowest BCUT2D eigenvalue weighted by molar-refractivity contribution is -0.0873. The van der Waals surface area contributed by atoms with Gasteiger partial charge in [-0.25, -0.2) is 9.36 Å². The molecule has 1 aromatic heterocycles. The molecular formula is C20H26N2O4. The standard InChI is InChI=1S/C20H26N2O4/c1-24-20(23)22-17-5-3-2-4-15(17)16-9-11-21-10-8-14(6-7-18(16)22)19-25-12-13-26-19/h2-5,14,19,21H,6-13H2,1H3. The van der Waals surface area contributed by atoms with Crippen molar-refractivity contribution in [1.82, 2.24) is 9.88 Å². The molecule has 0 amide bonds. The maximum absolute atomic E-state index is 12.5. The zero-order chi connectivity index (χ0) is 17.9. The summed E-state index contributed by atoms with van der Waals surface area (Å²) in [6, 6.07) is 8.08. The molecule has 0 saturated carbocycles. The van der Waals surface area contributed by atoms with Gasteiger partial charge in [0.25, 0.3) is 0 Å². The van der Waals surface area contributed by atoms with Crippen molar-refractivity contribution in [2.75, 3.05) is 33.4 Å². The van der Waals surface area contributed by atoms with Gasteiger partial charge < -0.3 is 19.5 Å². The molecule has 2 aliphatic heterocycles. The first-order valence-corrected chi connectivity index (χ1v) is 9.43. The first kappa shape index (κ1) is 17.5. The normalized spacial score (nSPS) is 22.3. The molecule has 2 aromatic rings. The number of ether oxygens (including phenoxy) is 3. The molecule has 26 heavy (non-hydrogen) atoms. The lowest BCUT2D eigenvalue weighted by Gasteiger charge is -2.24. The number of para-hydroxylation sites is 1. The summed E-state index contributed by atoms with van der Waals surface area (Å²) in [5, 5.41) is 4.67. The number of rotatable bonds is 1. The van der Waals surface area contributed by atoms with Crippen LogP contribution in [0.5, 0.6) is 0 Å². The van der Waals surface area contributed by atoms with Gasteiger partial charge in [-0.2, -0.15) is 0 Å². The van der Waals surface area contributed by atoms with E-state index in [4.69, 9.17) is 14.2 Å². The Balaban J connectivity index is 1.73. The van der Waals surface area contributed by atoms with E-state index in [0.717, 1.165) is 55.4 Å². The smallest absolute Gasteiger partial charge is 0.418 e. The van der Waals surface area contributed by atoms with Crippen molar-refractivity contribution in [3.05, 3.63) is 35.5 Å². The summed E-state index contributed by atoms with van der Waals surface area (Å²) in [7, 11) is 1.44. The van der Waals surface area contributed by atoms with Crippen LogP contribution in [-0.2, 0) is 27.1 Å². The molecule has 0 aliphatic carbocycles. The lowest BCUT2D eigenvalue weighted by Crippen LogP contribution is -2.29. The highest BCUT2D eigenvalue weighted by atomic mass is 16.7. The number of nitrogens with zero attached hydrogens (tertiary/aromatic N) is 1. The zero-order valence-electron chi connectivity index (χ0n) is 15.2. The largest absolute Gasteiger partial charge is 0.452 e. The summed E-state index contributed by atoms with van der Waals surface area (Å²) in [5.41, 5.74) is 3.23. The van der Waals surface area contributed by atoms with Gasteiger partial charge >= 0.3 is 6.09 Å². The molecule has 0 spiro atoms. The van der Waals surface area contributed by atoms with Gasteiger partial charge in [0.15, 0.2) is 6.29 Å². The molecule has 6 nitrogen and oxygen atoms in total. The third-order valence-corrected chi connectivity index (χ3v) is 5.47. The topological polar surface area (TPSA) is 61.7 Å². The molecule has 1 atom stereocenters. The Kier molecular flexibility index (Phi) is 5.24. The van der Waals surface area contributed by atoms with Crippen LogP contribution in [-0.4, -0.2) is 50.4 Å². The van der Waals surface area contributed by atoms with Crippen LogP contribution >= 0.6 is 0 Å². The summed E-state index contributed by atoms with van der Waals surface area (Å²) in [5.74, 6) is 0.319. The van der Waals surface area contributed by atoms with Gasteiger partial charge in [0.05, 0.1) is 25.8 Å². The molecule has 3 heterocycles. The van der Waals surface area contributed by atoms with E-state index >= 15 is 0 Å². The average Bonchev–Trinajstić information content (AvgIpc) is 3.31. The Morgan fingerprint density at radius 2 is 1.96 bits per heavy atom. The Labute approximate surface area is 153 Å². The fourth-order valence-electron chi connectivity index (χ4n) is 4.21. The van der Waals surface area contributed by atoms with E-state index in [1.54, 1.807) is 4.57 Å². The van der Waals surface area contributed by atoms with Crippen LogP contribution in [0.3, 0.4) is 0 Å². The Morgan fingerprint density at radius 3 is 2.77 bits per heavy atom. The van der Waals surface area contributed by atoms with Gasteiger partial charge in [0.2, 0.25) is 0 Å². The molecule has 140 valence electrons.